The fraction of sp³-hybridized carbons (Fsp3) is 0.121. The summed E-state index contributed by atoms with van der Waals surface area (Å²) in [6, 6.07) is 26.8. The van der Waals surface area contributed by atoms with E-state index in [9.17, 15) is 9.59 Å². The Labute approximate surface area is 258 Å². The summed E-state index contributed by atoms with van der Waals surface area (Å²) < 4.78 is 1.99. The first-order chi connectivity index (χ1) is 21.5. The van der Waals surface area contributed by atoms with Gasteiger partial charge < -0.3 is 20.9 Å². The van der Waals surface area contributed by atoms with E-state index in [2.05, 4.69) is 20.9 Å². The zero-order chi connectivity index (χ0) is 30.5. The first-order valence-corrected chi connectivity index (χ1v) is 14.9. The standard InChI is InChI=1S/C33H30N8O2S/c1-34-21-30(43)40(2)25-11-6-10-24(19-25)37-33-35-15-14-27(38-33)32-31(39-28-13-3-4-16-41(28)32)22-8-5-9-23(18-22)36-29(42)20-26-12-7-17-44-26/h3-19,34H,20-21H2,1-2H3,(H,36,42)(H,35,37,38). The number of likely N-dealkylation sites (N-methyl/N-ethyl adjacent to an activating group) is 2. The third-order valence-corrected chi connectivity index (χ3v) is 7.83. The number of nitrogens with one attached hydrogen (secondary N) is 3. The van der Waals surface area contributed by atoms with Gasteiger partial charge in [-0.15, -0.1) is 11.3 Å². The summed E-state index contributed by atoms with van der Waals surface area (Å²) in [6.07, 6.45) is 3.97. The number of hydrogen-bond donors (Lipinski definition) is 3. The van der Waals surface area contributed by atoms with Crippen LogP contribution in [0.1, 0.15) is 4.88 Å². The molecule has 0 atom stereocenters. The summed E-state index contributed by atoms with van der Waals surface area (Å²) in [7, 11) is 3.48. The van der Waals surface area contributed by atoms with E-state index < -0.39 is 0 Å². The van der Waals surface area contributed by atoms with Crippen LogP contribution in [0.2, 0.25) is 0 Å². The predicted molar refractivity (Wildman–Crippen MR) is 175 cm³/mol. The molecule has 4 heterocycles. The molecule has 0 saturated heterocycles. The second kappa shape index (κ2) is 12.9. The van der Waals surface area contributed by atoms with Gasteiger partial charge in [-0.05, 0) is 67.0 Å². The van der Waals surface area contributed by atoms with Crippen LogP contribution in [0, 0.1) is 0 Å². The lowest BCUT2D eigenvalue weighted by Crippen LogP contribution is -2.34. The highest BCUT2D eigenvalue weighted by Crippen LogP contribution is 2.33. The molecule has 0 aliphatic rings. The SMILES string of the molecule is CNCC(=O)N(C)c1cccc(Nc2nccc(-c3c(-c4cccc(NC(=O)Cc5cccs5)c4)nc4ccccn34)n2)c1. The lowest BCUT2D eigenvalue weighted by Gasteiger charge is -2.18. The van der Waals surface area contributed by atoms with Crippen molar-refractivity contribution in [2.24, 2.45) is 0 Å². The minimum absolute atomic E-state index is 0.0471. The number of nitrogens with zero attached hydrogens (tertiary/aromatic N) is 5. The van der Waals surface area contributed by atoms with Crippen LogP contribution in [0.25, 0.3) is 28.3 Å². The smallest absolute Gasteiger partial charge is 0.240 e. The quantitative estimate of drug-likeness (QED) is 0.186. The highest BCUT2D eigenvalue weighted by molar-refractivity contribution is 7.10. The Hall–Kier alpha value is -5.39. The topological polar surface area (TPSA) is 117 Å². The number of carbonyl (C=O) groups is 2. The molecule has 0 spiro atoms. The van der Waals surface area contributed by atoms with Crippen LogP contribution in [0.4, 0.5) is 23.0 Å². The molecule has 0 unspecified atom stereocenters. The summed E-state index contributed by atoms with van der Waals surface area (Å²) in [5, 5.41) is 11.1. The lowest BCUT2D eigenvalue weighted by molar-refractivity contribution is -0.117. The van der Waals surface area contributed by atoms with Crippen molar-refractivity contribution in [3.05, 3.63) is 108 Å². The molecule has 2 amide bonds. The lowest BCUT2D eigenvalue weighted by atomic mass is 10.1. The molecule has 6 rings (SSSR count). The van der Waals surface area contributed by atoms with E-state index in [1.54, 1.807) is 36.5 Å². The molecule has 220 valence electrons. The summed E-state index contributed by atoms with van der Waals surface area (Å²) in [4.78, 5) is 41.9. The van der Waals surface area contributed by atoms with Crippen LogP contribution in [0.5, 0.6) is 0 Å². The van der Waals surface area contributed by atoms with Crippen molar-refractivity contribution in [2.45, 2.75) is 6.42 Å². The number of hydrogen-bond acceptors (Lipinski definition) is 8. The van der Waals surface area contributed by atoms with Crippen molar-refractivity contribution >= 4 is 51.8 Å². The summed E-state index contributed by atoms with van der Waals surface area (Å²) in [5.41, 5.74) is 5.97. The van der Waals surface area contributed by atoms with Gasteiger partial charge in [0.15, 0.2) is 0 Å². The van der Waals surface area contributed by atoms with Crippen LogP contribution < -0.4 is 20.9 Å². The van der Waals surface area contributed by atoms with E-state index >= 15 is 0 Å². The van der Waals surface area contributed by atoms with Crippen molar-refractivity contribution < 1.29 is 9.59 Å². The second-order valence-electron chi connectivity index (χ2n) is 10.0. The number of carbonyl (C=O) groups excluding carboxylic acids is 2. The van der Waals surface area contributed by atoms with Gasteiger partial charge in [0.25, 0.3) is 0 Å². The number of fused-ring (bicyclic) bond motifs is 1. The molecule has 0 radical (unpaired) electrons. The van der Waals surface area contributed by atoms with Gasteiger partial charge in [-0.25, -0.2) is 15.0 Å². The maximum atomic E-state index is 12.7. The third kappa shape index (κ3) is 6.33. The van der Waals surface area contributed by atoms with Gasteiger partial charge in [0.1, 0.15) is 5.65 Å². The van der Waals surface area contributed by atoms with Crippen molar-refractivity contribution in [2.75, 3.05) is 36.2 Å². The van der Waals surface area contributed by atoms with Crippen LogP contribution in [0.3, 0.4) is 0 Å². The van der Waals surface area contributed by atoms with E-state index in [-0.39, 0.29) is 18.4 Å². The fourth-order valence-electron chi connectivity index (χ4n) is 4.85. The first-order valence-electron chi connectivity index (χ1n) is 14.0. The van der Waals surface area contributed by atoms with Gasteiger partial charge in [0.05, 0.1) is 30.0 Å². The molecule has 0 aliphatic carbocycles. The van der Waals surface area contributed by atoms with Crippen molar-refractivity contribution in [3.8, 4) is 22.6 Å². The van der Waals surface area contributed by atoms with Crippen molar-refractivity contribution in [1.29, 1.82) is 0 Å². The van der Waals surface area contributed by atoms with Crippen molar-refractivity contribution in [1.82, 2.24) is 24.7 Å². The van der Waals surface area contributed by atoms with Gasteiger partial charge in [0, 0.05) is 46.9 Å². The number of pyridine rings is 1. The maximum Gasteiger partial charge on any atom is 0.240 e. The third-order valence-electron chi connectivity index (χ3n) is 6.95. The van der Waals surface area contributed by atoms with Crippen LogP contribution in [-0.4, -0.2) is 51.8 Å². The molecule has 4 aromatic heterocycles. The number of benzene rings is 2. The largest absolute Gasteiger partial charge is 0.326 e. The zero-order valence-corrected chi connectivity index (χ0v) is 25.0. The fourth-order valence-corrected chi connectivity index (χ4v) is 5.55. The zero-order valence-electron chi connectivity index (χ0n) is 24.2. The molecular formula is C33H30N8O2S. The minimum Gasteiger partial charge on any atom is -0.326 e. The average molecular weight is 603 g/mol. The molecule has 0 saturated carbocycles. The van der Waals surface area contributed by atoms with Gasteiger partial charge >= 0.3 is 0 Å². The van der Waals surface area contributed by atoms with Crippen LogP contribution >= 0.6 is 11.3 Å². The molecule has 0 fully saturated rings. The van der Waals surface area contributed by atoms with E-state index in [0.717, 1.165) is 38.9 Å². The van der Waals surface area contributed by atoms with E-state index in [0.29, 0.717) is 23.8 Å². The first kappa shape index (κ1) is 28.7. The molecule has 3 N–H and O–H groups in total. The Bertz CT molecular complexity index is 1940. The Balaban J connectivity index is 1.31. The normalized spacial score (nSPS) is 11.0. The second-order valence-corrected chi connectivity index (χ2v) is 11.1. The molecule has 0 aliphatic heterocycles. The number of aromatic nitrogens is 4. The average Bonchev–Trinajstić information content (AvgIpc) is 3.69. The summed E-state index contributed by atoms with van der Waals surface area (Å²) in [6.45, 7) is 0.241. The number of thiophene rings is 1. The molecule has 10 nitrogen and oxygen atoms in total. The highest BCUT2D eigenvalue weighted by Gasteiger charge is 2.19. The van der Waals surface area contributed by atoms with E-state index in [4.69, 9.17) is 9.97 Å². The molecule has 6 aromatic rings. The highest BCUT2D eigenvalue weighted by atomic mass is 32.1. The Kier molecular flexibility index (Phi) is 8.39. The van der Waals surface area contributed by atoms with Crippen LogP contribution in [0.15, 0.2) is 103 Å². The van der Waals surface area contributed by atoms with Gasteiger partial charge in [0.2, 0.25) is 17.8 Å². The Morgan fingerprint density at radius 2 is 1.80 bits per heavy atom. The summed E-state index contributed by atoms with van der Waals surface area (Å²) >= 11 is 1.56. The van der Waals surface area contributed by atoms with Gasteiger partial charge in [-0.2, -0.15) is 0 Å². The van der Waals surface area contributed by atoms with Gasteiger partial charge in [-0.1, -0.05) is 30.3 Å². The molecule has 44 heavy (non-hydrogen) atoms. The Morgan fingerprint density at radius 3 is 2.64 bits per heavy atom. The molecular weight excluding hydrogens is 572 g/mol. The molecule has 11 heteroatoms. The summed E-state index contributed by atoms with van der Waals surface area (Å²) in [5.74, 6) is 0.275. The number of amides is 2. The van der Waals surface area contributed by atoms with E-state index in [1.165, 1.54) is 0 Å². The minimum atomic E-state index is -0.0759. The molecule has 0 bridgehead atoms. The van der Waals surface area contributed by atoms with Gasteiger partial charge in [-0.3, -0.25) is 14.0 Å². The van der Waals surface area contributed by atoms with E-state index in [1.807, 2.05) is 101 Å². The number of imidazole rings is 1. The monoisotopic (exact) mass is 602 g/mol. The molecule has 2 aromatic carbocycles. The van der Waals surface area contributed by atoms with Crippen molar-refractivity contribution in [3.63, 3.8) is 0 Å². The van der Waals surface area contributed by atoms with Crippen LogP contribution in [-0.2, 0) is 16.0 Å². The number of rotatable bonds is 10. The Morgan fingerprint density at radius 1 is 0.932 bits per heavy atom. The maximum absolute atomic E-state index is 12.7. The predicted octanol–water partition coefficient (Wildman–Crippen LogP) is 5.63. The number of anilines is 4.